The lowest BCUT2D eigenvalue weighted by atomic mass is 10.3. The molecule has 6 nitrogen and oxygen atoms in total. The van der Waals surface area contributed by atoms with Gasteiger partial charge >= 0.3 is 5.69 Å². The summed E-state index contributed by atoms with van der Waals surface area (Å²) in [6.07, 6.45) is 1.31. The van der Waals surface area contributed by atoms with Crippen LogP contribution in [-0.4, -0.2) is 19.4 Å². The molecule has 0 amide bonds. The van der Waals surface area contributed by atoms with Crippen molar-refractivity contribution in [1.29, 1.82) is 0 Å². The Morgan fingerprint density at radius 2 is 2.17 bits per heavy atom. The lowest BCUT2D eigenvalue weighted by Crippen LogP contribution is -2.31. The molecule has 0 aliphatic heterocycles. The zero-order valence-electron chi connectivity index (χ0n) is 9.46. The first kappa shape index (κ1) is 14.3. The molecule has 98 valence electrons. The highest BCUT2D eigenvalue weighted by Crippen LogP contribution is 2.26. The standard InChI is InChI=1S/C10H11FN2O4S/c1-3-7(2)12-18(16,17)9-6-4-5-8(11)10(9)13(14)15/h3-7,12H,1H2,2H3. The topological polar surface area (TPSA) is 89.3 Å². The van der Waals surface area contributed by atoms with Crippen molar-refractivity contribution in [3.8, 4) is 0 Å². The fourth-order valence-corrected chi connectivity index (χ4v) is 2.64. The number of nitro benzene ring substituents is 1. The van der Waals surface area contributed by atoms with Gasteiger partial charge in [-0.05, 0) is 19.1 Å². The second-order valence-corrected chi connectivity index (χ2v) is 5.17. The number of para-hydroxylation sites is 1. The number of rotatable bonds is 5. The van der Waals surface area contributed by atoms with Crippen LogP contribution in [0.3, 0.4) is 0 Å². The summed E-state index contributed by atoms with van der Waals surface area (Å²) < 4.78 is 39.1. The average Bonchev–Trinajstić information content (AvgIpc) is 2.27. The van der Waals surface area contributed by atoms with Crippen molar-refractivity contribution in [3.05, 3.63) is 46.8 Å². The number of nitrogens with zero attached hydrogens (tertiary/aromatic N) is 1. The third-order valence-corrected chi connectivity index (χ3v) is 3.71. The van der Waals surface area contributed by atoms with Gasteiger partial charge in [-0.25, -0.2) is 13.1 Å². The maximum absolute atomic E-state index is 13.3. The Kier molecular flexibility index (Phi) is 4.15. The zero-order chi connectivity index (χ0) is 13.9. The molecule has 0 aromatic heterocycles. The number of halogens is 1. The van der Waals surface area contributed by atoms with Crippen molar-refractivity contribution in [3.63, 3.8) is 0 Å². The fourth-order valence-electron chi connectivity index (χ4n) is 1.25. The van der Waals surface area contributed by atoms with Crippen LogP contribution in [0.15, 0.2) is 35.7 Å². The molecule has 0 bridgehead atoms. The lowest BCUT2D eigenvalue weighted by molar-refractivity contribution is -0.390. The Balaban J connectivity index is 3.37. The van der Waals surface area contributed by atoms with Gasteiger partial charge in [-0.1, -0.05) is 12.1 Å². The van der Waals surface area contributed by atoms with Crippen LogP contribution in [-0.2, 0) is 10.0 Å². The molecule has 1 aromatic carbocycles. The molecule has 18 heavy (non-hydrogen) atoms. The molecule has 1 aromatic rings. The Hall–Kier alpha value is -1.80. The third-order valence-electron chi connectivity index (χ3n) is 2.12. The SMILES string of the molecule is C=CC(C)NS(=O)(=O)c1cccc(F)c1[N+](=O)[O-]. The number of nitrogens with one attached hydrogen (secondary N) is 1. The minimum absolute atomic E-state index is 0.627. The van der Waals surface area contributed by atoms with Gasteiger partial charge in [0.25, 0.3) is 0 Å². The van der Waals surface area contributed by atoms with Gasteiger partial charge < -0.3 is 0 Å². The molecular formula is C10H11FN2O4S. The third kappa shape index (κ3) is 2.90. The van der Waals surface area contributed by atoms with Crippen molar-refractivity contribution in [1.82, 2.24) is 4.72 Å². The van der Waals surface area contributed by atoms with Crippen molar-refractivity contribution >= 4 is 15.7 Å². The van der Waals surface area contributed by atoms with E-state index >= 15 is 0 Å². The average molecular weight is 274 g/mol. The Labute approximate surface area is 103 Å². The van der Waals surface area contributed by atoms with E-state index in [0.29, 0.717) is 0 Å². The second-order valence-electron chi connectivity index (χ2n) is 3.49. The number of hydrogen-bond acceptors (Lipinski definition) is 4. The van der Waals surface area contributed by atoms with Gasteiger partial charge in [-0.3, -0.25) is 10.1 Å². The molecule has 0 saturated carbocycles. The number of nitro groups is 1. The summed E-state index contributed by atoms with van der Waals surface area (Å²) in [5.74, 6) is -1.20. The molecule has 0 saturated heterocycles. The van der Waals surface area contributed by atoms with Gasteiger partial charge in [0.05, 0.1) is 4.92 Å². The highest BCUT2D eigenvalue weighted by Gasteiger charge is 2.29. The summed E-state index contributed by atoms with van der Waals surface area (Å²) in [4.78, 5) is 8.92. The van der Waals surface area contributed by atoms with Gasteiger partial charge in [-0.2, -0.15) is 4.39 Å². The quantitative estimate of drug-likeness (QED) is 0.501. The first-order chi connectivity index (χ1) is 8.29. The minimum atomic E-state index is -4.17. The van der Waals surface area contributed by atoms with E-state index in [1.165, 1.54) is 13.0 Å². The summed E-state index contributed by atoms with van der Waals surface area (Å²) in [5, 5.41) is 10.7. The molecule has 1 unspecified atom stereocenters. The second kappa shape index (κ2) is 5.23. The molecule has 0 radical (unpaired) electrons. The maximum atomic E-state index is 13.3. The van der Waals surface area contributed by atoms with E-state index < -0.39 is 37.4 Å². The van der Waals surface area contributed by atoms with Crippen LogP contribution in [0.25, 0.3) is 0 Å². The molecule has 1 atom stereocenters. The van der Waals surface area contributed by atoms with E-state index in [0.717, 1.165) is 18.2 Å². The summed E-state index contributed by atoms with van der Waals surface area (Å²) in [6, 6.07) is 2.26. The lowest BCUT2D eigenvalue weighted by Gasteiger charge is -2.10. The monoisotopic (exact) mass is 274 g/mol. The highest BCUT2D eigenvalue weighted by molar-refractivity contribution is 7.89. The largest absolute Gasteiger partial charge is 0.324 e. The maximum Gasteiger partial charge on any atom is 0.324 e. The number of sulfonamides is 1. The minimum Gasteiger partial charge on any atom is -0.258 e. The van der Waals surface area contributed by atoms with Crippen LogP contribution in [0.2, 0.25) is 0 Å². The normalized spacial score (nSPS) is 13.0. The molecule has 1 N–H and O–H groups in total. The van der Waals surface area contributed by atoms with Crippen LogP contribution in [0.1, 0.15) is 6.92 Å². The molecule has 0 aliphatic carbocycles. The van der Waals surface area contributed by atoms with E-state index in [4.69, 9.17) is 0 Å². The molecule has 0 fully saturated rings. The predicted octanol–water partition coefficient (Wildman–Crippen LogP) is 1.59. The van der Waals surface area contributed by atoms with Crippen LogP contribution in [0.4, 0.5) is 10.1 Å². The molecule has 0 heterocycles. The predicted molar refractivity (Wildman–Crippen MR) is 63.0 cm³/mol. The van der Waals surface area contributed by atoms with Gasteiger partial charge in [0.15, 0.2) is 4.90 Å². The van der Waals surface area contributed by atoms with Crippen molar-refractivity contribution < 1.29 is 17.7 Å². The van der Waals surface area contributed by atoms with Gasteiger partial charge in [0.1, 0.15) is 0 Å². The smallest absolute Gasteiger partial charge is 0.258 e. The molecule has 0 aliphatic rings. The highest BCUT2D eigenvalue weighted by atomic mass is 32.2. The van der Waals surface area contributed by atoms with E-state index in [1.807, 2.05) is 0 Å². The zero-order valence-corrected chi connectivity index (χ0v) is 10.3. The summed E-state index contributed by atoms with van der Waals surface area (Å²) in [5.41, 5.74) is -1.07. The van der Waals surface area contributed by atoms with Gasteiger partial charge in [0, 0.05) is 6.04 Å². The van der Waals surface area contributed by atoms with E-state index in [9.17, 15) is 22.9 Å². The molecule has 8 heteroatoms. The van der Waals surface area contributed by atoms with Crippen LogP contribution >= 0.6 is 0 Å². The fraction of sp³-hybridized carbons (Fsp3) is 0.200. The van der Waals surface area contributed by atoms with Crippen LogP contribution in [0.5, 0.6) is 0 Å². The van der Waals surface area contributed by atoms with Gasteiger partial charge in [0.2, 0.25) is 15.8 Å². The number of hydrogen-bond donors (Lipinski definition) is 1. The summed E-state index contributed by atoms with van der Waals surface area (Å²) >= 11 is 0. The summed E-state index contributed by atoms with van der Waals surface area (Å²) in [6.45, 7) is 4.87. The Bertz CT molecular complexity index is 586. The first-order valence-corrected chi connectivity index (χ1v) is 6.35. The summed E-state index contributed by atoms with van der Waals surface area (Å²) in [7, 11) is -4.17. The van der Waals surface area contributed by atoms with E-state index in [1.54, 1.807) is 0 Å². The molecule has 1 rings (SSSR count). The Morgan fingerprint density at radius 1 is 1.56 bits per heavy atom. The molecule has 0 spiro atoms. The van der Waals surface area contributed by atoms with E-state index in [2.05, 4.69) is 11.3 Å². The van der Waals surface area contributed by atoms with Crippen LogP contribution in [0, 0.1) is 15.9 Å². The Morgan fingerprint density at radius 3 is 2.67 bits per heavy atom. The van der Waals surface area contributed by atoms with Crippen molar-refractivity contribution in [2.75, 3.05) is 0 Å². The molecular weight excluding hydrogens is 263 g/mol. The van der Waals surface area contributed by atoms with Gasteiger partial charge in [-0.15, -0.1) is 6.58 Å². The number of benzene rings is 1. The van der Waals surface area contributed by atoms with Crippen molar-refractivity contribution in [2.24, 2.45) is 0 Å². The first-order valence-electron chi connectivity index (χ1n) is 4.87. The van der Waals surface area contributed by atoms with Crippen LogP contribution < -0.4 is 4.72 Å². The van der Waals surface area contributed by atoms with Crippen molar-refractivity contribution in [2.45, 2.75) is 17.9 Å². The van der Waals surface area contributed by atoms with E-state index in [-0.39, 0.29) is 0 Å².